The van der Waals surface area contributed by atoms with E-state index in [0.29, 0.717) is 42.1 Å². The lowest BCUT2D eigenvalue weighted by molar-refractivity contribution is -0.143. The molecule has 1 atom stereocenters. The number of hydrogen-bond donors (Lipinski definition) is 6. The van der Waals surface area contributed by atoms with Crippen LogP contribution in [0.5, 0.6) is 0 Å². The largest absolute Gasteiger partial charge is 0.467 e. The molecule has 18 heteroatoms. The molecule has 4 aromatic rings. The van der Waals surface area contributed by atoms with Crippen LogP contribution in [0.15, 0.2) is 60.9 Å². The molecular formula is C49H73N13O5. The SMILES string of the molecule is COC(=O)C(COC(=O)N1CCCCCCN(Cc2ccc(CN3CCCCCCNCCNCCC3)cc2)CCNCCC1)NC(=O)c1ccc(NCc2cnc3nc(N)ncc3n2)cc1. The highest BCUT2D eigenvalue weighted by Gasteiger charge is 2.26. The molecule has 0 aliphatic carbocycles. The van der Waals surface area contributed by atoms with E-state index in [1.165, 1.54) is 56.5 Å². The van der Waals surface area contributed by atoms with E-state index in [9.17, 15) is 14.4 Å². The summed E-state index contributed by atoms with van der Waals surface area (Å²) < 4.78 is 10.6. The number of nitrogens with zero attached hydrogens (tertiary/aromatic N) is 7. The maximum Gasteiger partial charge on any atom is 0.409 e. The molecule has 18 nitrogen and oxygen atoms in total. The molecule has 2 aliphatic rings. The number of methoxy groups -OCH3 is 1. The molecule has 67 heavy (non-hydrogen) atoms. The second kappa shape index (κ2) is 28.6. The van der Waals surface area contributed by atoms with Crippen molar-refractivity contribution in [1.29, 1.82) is 0 Å². The van der Waals surface area contributed by atoms with E-state index in [-0.39, 0.29) is 12.6 Å². The average molecular weight is 924 g/mol. The zero-order valence-electron chi connectivity index (χ0n) is 39.5. The third-order valence-electron chi connectivity index (χ3n) is 12.2. The van der Waals surface area contributed by atoms with Gasteiger partial charge in [-0.25, -0.2) is 24.5 Å². The van der Waals surface area contributed by atoms with Crippen LogP contribution in [-0.2, 0) is 33.9 Å². The van der Waals surface area contributed by atoms with Gasteiger partial charge in [0.1, 0.15) is 12.1 Å². The Hall–Kier alpha value is -5.53. The third-order valence-corrected chi connectivity index (χ3v) is 12.2. The first-order valence-corrected chi connectivity index (χ1v) is 24.4. The first-order valence-electron chi connectivity index (χ1n) is 24.4. The number of anilines is 2. The predicted octanol–water partition coefficient (Wildman–Crippen LogP) is 4.33. The Labute approximate surface area is 395 Å². The lowest BCUT2D eigenvalue weighted by atomic mass is 10.1. The predicted molar refractivity (Wildman–Crippen MR) is 261 cm³/mol. The van der Waals surface area contributed by atoms with E-state index in [1.54, 1.807) is 35.4 Å². The molecule has 2 amide bonds. The summed E-state index contributed by atoms with van der Waals surface area (Å²) in [5.74, 6) is -1.09. The van der Waals surface area contributed by atoms with E-state index in [0.717, 1.165) is 116 Å². The van der Waals surface area contributed by atoms with Crippen LogP contribution in [0.4, 0.5) is 16.4 Å². The van der Waals surface area contributed by atoms with Gasteiger partial charge in [0.25, 0.3) is 5.91 Å². The van der Waals surface area contributed by atoms with Crippen LogP contribution in [-0.4, -0.2) is 151 Å². The van der Waals surface area contributed by atoms with Crippen molar-refractivity contribution in [2.75, 3.05) is 103 Å². The van der Waals surface area contributed by atoms with Crippen LogP contribution < -0.4 is 32.3 Å². The lowest BCUT2D eigenvalue weighted by Crippen LogP contribution is -2.46. The fraction of sp³-hybridized carbons (Fsp3) is 0.571. The smallest absolute Gasteiger partial charge is 0.409 e. The molecule has 7 N–H and O–H groups in total. The number of nitrogens with one attached hydrogen (secondary N) is 5. The van der Waals surface area contributed by atoms with E-state index < -0.39 is 24.0 Å². The third kappa shape index (κ3) is 18.2. The van der Waals surface area contributed by atoms with Gasteiger partial charge in [-0.15, -0.1) is 0 Å². The highest BCUT2D eigenvalue weighted by atomic mass is 16.6. The van der Waals surface area contributed by atoms with Crippen LogP contribution in [0, 0.1) is 0 Å². The number of esters is 1. The molecule has 0 bridgehead atoms. The summed E-state index contributed by atoms with van der Waals surface area (Å²) in [6, 6.07) is 14.9. The Morgan fingerprint density at radius 3 is 1.97 bits per heavy atom. The summed E-state index contributed by atoms with van der Waals surface area (Å²) in [6.07, 6.45) is 13.6. The molecule has 1 unspecified atom stereocenters. The van der Waals surface area contributed by atoms with Crippen molar-refractivity contribution in [1.82, 2.24) is 55.9 Å². The van der Waals surface area contributed by atoms with Gasteiger partial charge in [0.05, 0.1) is 31.7 Å². The van der Waals surface area contributed by atoms with Gasteiger partial charge < -0.3 is 46.7 Å². The second-order valence-corrected chi connectivity index (χ2v) is 17.5. The van der Waals surface area contributed by atoms with Crippen molar-refractivity contribution >= 4 is 40.8 Å². The number of aromatic nitrogens is 4. The van der Waals surface area contributed by atoms with Gasteiger partial charge in [-0.3, -0.25) is 14.6 Å². The van der Waals surface area contributed by atoms with Crippen molar-refractivity contribution < 1.29 is 23.9 Å². The van der Waals surface area contributed by atoms with Gasteiger partial charge in [0.2, 0.25) is 5.95 Å². The number of nitrogen functional groups attached to an aromatic ring is 1. The second-order valence-electron chi connectivity index (χ2n) is 17.5. The van der Waals surface area contributed by atoms with E-state index in [2.05, 4.69) is 80.6 Å². The molecule has 364 valence electrons. The van der Waals surface area contributed by atoms with Crippen LogP contribution in [0.3, 0.4) is 0 Å². The van der Waals surface area contributed by atoms with Gasteiger partial charge >= 0.3 is 12.1 Å². The zero-order chi connectivity index (χ0) is 46.9. The molecule has 2 aromatic carbocycles. The Kier molecular flexibility index (Phi) is 21.7. The van der Waals surface area contributed by atoms with Gasteiger partial charge in [-0.1, -0.05) is 49.9 Å². The molecule has 2 aliphatic heterocycles. The normalized spacial score (nSPS) is 17.9. The van der Waals surface area contributed by atoms with Gasteiger partial charge in [-0.05, 0) is 113 Å². The Morgan fingerprint density at radius 2 is 1.27 bits per heavy atom. The number of carbonyl (C=O) groups excluding carboxylic acids is 3. The quantitative estimate of drug-likeness (QED) is 0.109. The van der Waals surface area contributed by atoms with Crippen molar-refractivity contribution in [3.63, 3.8) is 0 Å². The van der Waals surface area contributed by atoms with Crippen molar-refractivity contribution in [3.05, 3.63) is 83.3 Å². The summed E-state index contributed by atoms with van der Waals surface area (Å²) in [5, 5.41) is 16.6. The lowest BCUT2D eigenvalue weighted by Gasteiger charge is -2.26. The summed E-state index contributed by atoms with van der Waals surface area (Å²) in [4.78, 5) is 63.1. The number of nitrogens with two attached hydrogens (primary N) is 1. The van der Waals surface area contributed by atoms with Crippen LogP contribution in [0.25, 0.3) is 11.2 Å². The van der Waals surface area contributed by atoms with E-state index in [4.69, 9.17) is 15.2 Å². The fourth-order valence-corrected chi connectivity index (χ4v) is 8.33. The summed E-state index contributed by atoms with van der Waals surface area (Å²) in [6.45, 7) is 13.2. The standard InChI is InChI=1S/C49H73N13O5/c1-66-47(64)44(58-46(63)40-16-18-41(19-17-40)54-32-42-33-55-45-43(57-42)34-56-48(50)59-45)37-67-49(65)62-29-9-5-4-8-27-61(31-25-53-22-11-30-62)36-39-14-12-38(13-15-39)35-60-26-7-3-2-6-20-51-23-24-52-21-10-28-60/h12-19,33-34,44,51-54H,2-11,20-32,35-37H2,1H3,(H,58,63)(H2,50,55,56,59). The summed E-state index contributed by atoms with van der Waals surface area (Å²) in [7, 11) is 1.23. The molecule has 2 aromatic heterocycles. The molecule has 6 rings (SSSR count). The van der Waals surface area contributed by atoms with E-state index >= 15 is 0 Å². The number of ether oxygens (including phenoxy) is 2. The Balaban J connectivity index is 0.908. The number of fused-ring (bicyclic) bond motifs is 1. The van der Waals surface area contributed by atoms with Crippen molar-refractivity contribution in [2.45, 2.75) is 89.9 Å². The number of carbonyl (C=O) groups is 3. The Bertz CT molecular complexity index is 2060. The minimum Gasteiger partial charge on any atom is -0.467 e. The minimum absolute atomic E-state index is 0.131. The van der Waals surface area contributed by atoms with Crippen molar-refractivity contribution in [2.24, 2.45) is 0 Å². The summed E-state index contributed by atoms with van der Waals surface area (Å²) >= 11 is 0. The molecule has 4 heterocycles. The monoisotopic (exact) mass is 924 g/mol. The molecular weight excluding hydrogens is 851 g/mol. The molecule has 2 saturated heterocycles. The minimum atomic E-state index is -1.18. The Morgan fingerprint density at radius 1 is 0.672 bits per heavy atom. The van der Waals surface area contributed by atoms with Gasteiger partial charge in [-0.2, -0.15) is 4.98 Å². The summed E-state index contributed by atoms with van der Waals surface area (Å²) in [5.41, 5.74) is 11.0. The van der Waals surface area contributed by atoms with Crippen molar-refractivity contribution in [3.8, 4) is 0 Å². The number of hydrogen-bond acceptors (Lipinski definition) is 16. The van der Waals surface area contributed by atoms with Gasteiger partial charge in [0, 0.05) is 63.6 Å². The van der Waals surface area contributed by atoms with Crippen LogP contribution >= 0.6 is 0 Å². The van der Waals surface area contributed by atoms with E-state index in [1.807, 2.05) is 0 Å². The topological polar surface area (TPSA) is 217 Å². The molecule has 2 fully saturated rings. The maximum absolute atomic E-state index is 13.4. The highest BCUT2D eigenvalue weighted by molar-refractivity contribution is 5.97. The highest BCUT2D eigenvalue weighted by Crippen LogP contribution is 2.16. The fourth-order valence-electron chi connectivity index (χ4n) is 8.33. The number of benzene rings is 2. The maximum atomic E-state index is 13.4. The number of amides is 2. The van der Waals surface area contributed by atoms with Crippen LogP contribution in [0.1, 0.15) is 91.4 Å². The zero-order valence-corrected chi connectivity index (χ0v) is 39.5. The van der Waals surface area contributed by atoms with Gasteiger partial charge in [0.15, 0.2) is 11.7 Å². The van der Waals surface area contributed by atoms with Crippen LogP contribution in [0.2, 0.25) is 0 Å². The first-order chi connectivity index (χ1) is 32.8. The number of rotatable bonds is 12. The first kappa shape index (κ1) is 50.9. The molecule has 0 saturated carbocycles. The molecule has 0 radical (unpaired) electrons. The molecule has 0 spiro atoms. The average Bonchev–Trinajstić information content (AvgIpc) is 3.34.